The minimum absolute atomic E-state index is 0.0597. The third-order valence-electron chi connectivity index (χ3n) is 3.14. The largest absolute Gasteiger partial charge is 0.338 e. The SMILES string of the molecule is Cc1cc(N/C=C\C(=O)c2cccc3ccccc23)on1. The standard InChI is InChI=1S/C17H14N2O2/c1-12-11-17(21-19-12)18-10-9-16(20)15-8-4-6-13-5-2-3-7-14(13)15/h2-11,18H,1H3/b10-9-. The number of rotatable bonds is 4. The third-order valence-corrected chi connectivity index (χ3v) is 3.14. The number of ketones is 1. The monoisotopic (exact) mass is 278 g/mol. The lowest BCUT2D eigenvalue weighted by Crippen LogP contribution is -1.97. The Hall–Kier alpha value is -2.88. The smallest absolute Gasteiger partial charge is 0.228 e. The molecule has 4 heteroatoms. The molecule has 4 nitrogen and oxygen atoms in total. The summed E-state index contributed by atoms with van der Waals surface area (Å²) in [5, 5.41) is 8.64. The molecule has 0 fully saturated rings. The van der Waals surface area contributed by atoms with Gasteiger partial charge in [0.15, 0.2) is 5.78 Å². The Labute approximate surface area is 122 Å². The highest BCUT2D eigenvalue weighted by atomic mass is 16.5. The molecule has 2 aromatic carbocycles. The molecule has 0 spiro atoms. The molecule has 0 amide bonds. The molecule has 21 heavy (non-hydrogen) atoms. The molecule has 0 unspecified atom stereocenters. The van der Waals surface area contributed by atoms with Crippen LogP contribution in [0.5, 0.6) is 0 Å². The molecule has 1 aromatic heterocycles. The number of hydrogen-bond donors (Lipinski definition) is 1. The van der Waals surface area contributed by atoms with Gasteiger partial charge in [-0.25, -0.2) is 0 Å². The number of aryl methyl sites for hydroxylation is 1. The van der Waals surface area contributed by atoms with Crippen LogP contribution in [0.4, 0.5) is 5.88 Å². The van der Waals surface area contributed by atoms with Crippen molar-refractivity contribution >= 4 is 22.4 Å². The highest BCUT2D eigenvalue weighted by Crippen LogP contribution is 2.19. The van der Waals surface area contributed by atoms with Crippen LogP contribution < -0.4 is 5.32 Å². The number of aromatic nitrogens is 1. The first kappa shape index (κ1) is 13.1. The molecule has 1 heterocycles. The van der Waals surface area contributed by atoms with Gasteiger partial charge in [-0.15, -0.1) is 0 Å². The topological polar surface area (TPSA) is 55.1 Å². The number of carbonyl (C=O) groups is 1. The first-order valence-corrected chi connectivity index (χ1v) is 6.62. The van der Waals surface area contributed by atoms with Crippen LogP contribution in [0.3, 0.4) is 0 Å². The van der Waals surface area contributed by atoms with E-state index in [1.807, 2.05) is 49.4 Å². The van der Waals surface area contributed by atoms with Gasteiger partial charge in [-0.3, -0.25) is 4.79 Å². The van der Waals surface area contributed by atoms with Gasteiger partial charge in [0.25, 0.3) is 0 Å². The molecule has 0 saturated carbocycles. The van der Waals surface area contributed by atoms with Crippen LogP contribution in [0.15, 0.2) is 65.3 Å². The molecule has 0 aliphatic carbocycles. The van der Waals surface area contributed by atoms with Crippen LogP contribution in [0, 0.1) is 6.92 Å². The van der Waals surface area contributed by atoms with Crippen LogP contribution in [-0.4, -0.2) is 10.9 Å². The van der Waals surface area contributed by atoms with Crippen molar-refractivity contribution in [3.05, 3.63) is 72.1 Å². The summed E-state index contributed by atoms with van der Waals surface area (Å²) < 4.78 is 5.00. The summed E-state index contributed by atoms with van der Waals surface area (Å²) >= 11 is 0. The Morgan fingerprint density at radius 3 is 2.81 bits per heavy atom. The number of benzene rings is 2. The molecule has 0 saturated heterocycles. The van der Waals surface area contributed by atoms with E-state index in [-0.39, 0.29) is 5.78 Å². The van der Waals surface area contributed by atoms with Gasteiger partial charge in [0.05, 0.1) is 5.69 Å². The third kappa shape index (κ3) is 2.84. The van der Waals surface area contributed by atoms with Crippen molar-refractivity contribution in [1.82, 2.24) is 5.16 Å². The average molecular weight is 278 g/mol. The van der Waals surface area contributed by atoms with Crippen LogP contribution in [0.25, 0.3) is 10.8 Å². The van der Waals surface area contributed by atoms with E-state index in [9.17, 15) is 4.79 Å². The zero-order valence-electron chi connectivity index (χ0n) is 11.5. The Bertz CT molecular complexity index is 813. The van der Waals surface area contributed by atoms with E-state index >= 15 is 0 Å². The molecule has 0 bridgehead atoms. The van der Waals surface area contributed by atoms with Crippen molar-refractivity contribution in [2.24, 2.45) is 0 Å². The van der Waals surface area contributed by atoms with Gasteiger partial charge in [-0.05, 0) is 17.7 Å². The first-order chi connectivity index (χ1) is 10.2. The number of nitrogens with zero attached hydrogens (tertiary/aromatic N) is 1. The van der Waals surface area contributed by atoms with E-state index in [0.717, 1.165) is 16.5 Å². The lowest BCUT2D eigenvalue weighted by atomic mass is 10.0. The molecule has 0 aliphatic rings. The number of nitrogens with one attached hydrogen (secondary N) is 1. The van der Waals surface area contributed by atoms with E-state index in [1.165, 1.54) is 6.08 Å². The highest BCUT2D eigenvalue weighted by molar-refractivity contribution is 6.13. The Morgan fingerprint density at radius 2 is 2.00 bits per heavy atom. The Balaban J connectivity index is 1.81. The van der Waals surface area contributed by atoms with Crippen molar-refractivity contribution < 1.29 is 9.32 Å². The number of allylic oxidation sites excluding steroid dienone is 1. The average Bonchev–Trinajstić information content (AvgIpc) is 2.92. The van der Waals surface area contributed by atoms with Gasteiger partial charge in [0, 0.05) is 23.9 Å². The minimum Gasteiger partial charge on any atom is -0.338 e. The maximum absolute atomic E-state index is 12.3. The Kier molecular flexibility index (Phi) is 3.51. The second-order valence-electron chi connectivity index (χ2n) is 4.70. The Morgan fingerprint density at radius 1 is 1.19 bits per heavy atom. The molecular weight excluding hydrogens is 264 g/mol. The van der Waals surface area contributed by atoms with Crippen molar-refractivity contribution in [3.63, 3.8) is 0 Å². The van der Waals surface area contributed by atoms with Gasteiger partial charge < -0.3 is 9.84 Å². The number of anilines is 1. The number of hydrogen-bond acceptors (Lipinski definition) is 4. The molecule has 0 atom stereocenters. The summed E-state index contributed by atoms with van der Waals surface area (Å²) in [5.74, 6) is 0.449. The predicted octanol–water partition coefficient (Wildman–Crippen LogP) is 3.94. The fraction of sp³-hybridized carbons (Fsp3) is 0.0588. The second kappa shape index (κ2) is 5.63. The lowest BCUT2D eigenvalue weighted by molar-refractivity contribution is 0.104. The summed E-state index contributed by atoms with van der Waals surface area (Å²) in [6, 6.07) is 15.3. The number of fused-ring (bicyclic) bond motifs is 1. The van der Waals surface area contributed by atoms with Gasteiger partial charge in [0.2, 0.25) is 5.88 Å². The molecule has 104 valence electrons. The second-order valence-corrected chi connectivity index (χ2v) is 4.70. The van der Waals surface area contributed by atoms with Crippen LogP contribution >= 0.6 is 0 Å². The van der Waals surface area contributed by atoms with Gasteiger partial charge >= 0.3 is 0 Å². The quantitative estimate of drug-likeness (QED) is 0.580. The maximum atomic E-state index is 12.3. The van der Waals surface area contributed by atoms with Crippen LogP contribution in [0.1, 0.15) is 16.1 Å². The summed E-state index contributed by atoms with van der Waals surface area (Å²) in [4.78, 5) is 12.3. The summed E-state index contributed by atoms with van der Waals surface area (Å²) in [7, 11) is 0. The van der Waals surface area contributed by atoms with Crippen molar-refractivity contribution in [3.8, 4) is 0 Å². The zero-order valence-corrected chi connectivity index (χ0v) is 11.5. The van der Waals surface area contributed by atoms with E-state index in [1.54, 1.807) is 12.3 Å². The molecule has 1 N–H and O–H groups in total. The molecule has 3 aromatic rings. The highest BCUT2D eigenvalue weighted by Gasteiger charge is 2.06. The lowest BCUT2D eigenvalue weighted by Gasteiger charge is -2.02. The van der Waals surface area contributed by atoms with E-state index < -0.39 is 0 Å². The molecular formula is C17H14N2O2. The van der Waals surface area contributed by atoms with Crippen LogP contribution in [-0.2, 0) is 0 Å². The fourth-order valence-electron chi connectivity index (χ4n) is 2.16. The van der Waals surface area contributed by atoms with Crippen molar-refractivity contribution in [2.75, 3.05) is 5.32 Å². The zero-order chi connectivity index (χ0) is 14.7. The van der Waals surface area contributed by atoms with Gasteiger partial charge in [-0.1, -0.05) is 47.6 Å². The molecule has 0 radical (unpaired) electrons. The predicted molar refractivity (Wildman–Crippen MR) is 82.3 cm³/mol. The van der Waals surface area contributed by atoms with E-state index in [4.69, 9.17) is 4.52 Å². The maximum Gasteiger partial charge on any atom is 0.228 e. The normalized spacial score (nSPS) is 11.1. The van der Waals surface area contributed by atoms with E-state index in [0.29, 0.717) is 11.4 Å². The summed E-state index contributed by atoms with van der Waals surface area (Å²) in [6.45, 7) is 1.83. The van der Waals surface area contributed by atoms with Gasteiger partial charge in [0.1, 0.15) is 0 Å². The summed E-state index contributed by atoms with van der Waals surface area (Å²) in [5.41, 5.74) is 1.46. The van der Waals surface area contributed by atoms with Gasteiger partial charge in [-0.2, -0.15) is 0 Å². The first-order valence-electron chi connectivity index (χ1n) is 6.62. The van der Waals surface area contributed by atoms with Crippen molar-refractivity contribution in [1.29, 1.82) is 0 Å². The summed E-state index contributed by atoms with van der Waals surface area (Å²) in [6.07, 6.45) is 3.05. The molecule has 3 rings (SSSR count). The van der Waals surface area contributed by atoms with E-state index in [2.05, 4.69) is 10.5 Å². The minimum atomic E-state index is -0.0597. The van der Waals surface area contributed by atoms with Crippen molar-refractivity contribution in [2.45, 2.75) is 6.92 Å². The number of carbonyl (C=O) groups excluding carboxylic acids is 1. The van der Waals surface area contributed by atoms with Crippen LogP contribution in [0.2, 0.25) is 0 Å². The molecule has 0 aliphatic heterocycles. The fourth-order valence-corrected chi connectivity index (χ4v) is 2.16.